The Morgan fingerprint density at radius 1 is 1.59 bits per heavy atom. The van der Waals surface area contributed by atoms with Crippen molar-refractivity contribution < 1.29 is 4.79 Å². The lowest BCUT2D eigenvalue weighted by Gasteiger charge is -2.08. The monoisotopic (exact) mass is 251 g/mol. The molecule has 1 unspecified atom stereocenters. The second-order valence-corrected chi connectivity index (χ2v) is 4.79. The highest BCUT2D eigenvalue weighted by Crippen LogP contribution is 2.25. The summed E-state index contributed by atoms with van der Waals surface area (Å²) in [7, 11) is 0. The number of primary amides is 1. The first kappa shape index (κ1) is 11.9. The molecular formula is C12H14ClN3O. The standard InChI is InChI=1S/C12H14ClN3O/c1-7-3-4-9-10(5-7)16(6-11(14)17)12(15-9)8(2)13/h3-5,8H,6H2,1-2H3,(H2,14,17). The second-order valence-electron chi connectivity index (χ2n) is 4.13. The van der Waals surface area contributed by atoms with Crippen molar-refractivity contribution in [2.75, 3.05) is 0 Å². The average Bonchev–Trinajstić information content (AvgIpc) is 2.56. The van der Waals surface area contributed by atoms with Crippen LogP contribution in [0.25, 0.3) is 11.0 Å². The summed E-state index contributed by atoms with van der Waals surface area (Å²) in [4.78, 5) is 15.5. The fourth-order valence-corrected chi connectivity index (χ4v) is 2.04. The number of aryl methyl sites for hydroxylation is 1. The minimum absolute atomic E-state index is 0.104. The Morgan fingerprint density at radius 2 is 2.29 bits per heavy atom. The van der Waals surface area contributed by atoms with E-state index < -0.39 is 5.91 Å². The van der Waals surface area contributed by atoms with E-state index in [1.165, 1.54) is 0 Å². The van der Waals surface area contributed by atoms with E-state index in [4.69, 9.17) is 17.3 Å². The Bertz CT molecular complexity index is 574. The van der Waals surface area contributed by atoms with Crippen LogP contribution in [0.4, 0.5) is 0 Å². The molecule has 0 aliphatic rings. The topological polar surface area (TPSA) is 60.9 Å². The number of fused-ring (bicyclic) bond motifs is 1. The number of alkyl halides is 1. The van der Waals surface area contributed by atoms with Gasteiger partial charge in [-0.2, -0.15) is 0 Å². The molecular weight excluding hydrogens is 238 g/mol. The van der Waals surface area contributed by atoms with Crippen LogP contribution in [-0.2, 0) is 11.3 Å². The van der Waals surface area contributed by atoms with Crippen LogP contribution in [0.15, 0.2) is 18.2 Å². The van der Waals surface area contributed by atoms with E-state index in [1.54, 1.807) is 4.57 Å². The van der Waals surface area contributed by atoms with Gasteiger partial charge in [0, 0.05) is 0 Å². The summed E-state index contributed by atoms with van der Waals surface area (Å²) in [6.07, 6.45) is 0. The molecule has 0 bridgehead atoms. The van der Waals surface area contributed by atoms with Crippen LogP contribution in [0.1, 0.15) is 23.7 Å². The maximum absolute atomic E-state index is 11.1. The van der Waals surface area contributed by atoms with E-state index in [-0.39, 0.29) is 11.9 Å². The average molecular weight is 252 g/mol. The molecule has 0 aliphatic heterocycles. The van der Waals surface area contributed by atoms with Gasteiger partial charge in [-0.15, -0.1) is 11.6 Å². The molecule has 2 rings (SSSR count). The van der Waals surface area contributed by atoms with Gasteiger partial charge in [0.05, 0.1) is 16.4 Å². The number of rotatable bonds is 3. The summed E-state index contributed by atoms with van der Waals surface area (Å²) in [6, 6.07) is 5.88. The molecule has 17 heavy (non-hydrogen) atoms. The summed E-state index contributed by atoms with van der Waals surface area (Å²) in [5.74, 6) is 0.274. The van der Waals surface area contributed by atoms with Gasteiger partial charge in [-0.1, -0.05) is 6.07 Å². The zero-order valence-corrected chi connectivity index (χ0v) is 10.5. The van der Waals surface area contributed by atoms with Gasteiger partial charge in [0.2, 0.25) is 5.91 Å². The van der Waals surface area contributed by atoms with Crippen molar-refractivity contribution in [1.29, 1.82) is 0 Å². The largest absolute Gasteiger partial charge is 0.368 e. The van der Waals surface area contributed by atoms with Gasteiger partial charge in [-0.05, 0) is 31.5 Å². The molecule has 5 heteroatoms. The molecule has 1 aromatic heterocycles. The van der Waals surface area contributed by atoms with Crippen LogP contribution in [0.3, 0.4) is 0 Å². The molecule has 2 N–H and O–H groups in total. The number of nitrogens with two attached hydrogens (primary N) is 1. The highest BCUT2D eigenvalue weighted by Gasteiger charge is 2.16. The zero-order valence-electron chi connectivity index (χ0n) is 9.77. The number of imidazole rings is 1. The quantitative estimate of drug-likeness (QED) is 0.850. The van der Waals surface area contributed by atoms with Crippen molar-refractivity contribution in [1.82, 2.24) is 9.55 Å². The number of hydrogen-bond acceptors (Lipinski definition) is 2. The van der Waals surface area contributed by atoms with Crippen molar-refractivity contribution in [2.24, 2.45) is 5.73 Å². The van der Waals surface area contributed by atoms with E-state index in [0.29, 0.717) is 5.82 Å². The number of hydrogen-bond donors (Lipinski definition) is 1. The first-order chi connectivity index (χ1) is 7.99. The fourth-order valence-electron chi connectivity index (χ4n) is 1.88. The number of halogens is 1. The summed E-state index contributed by atoms with van der Waals surface area (Å²) < 4.78 is 1.78. The number of benzene rings is 1. The Kier molecular flexibility index (Phi) is 3.07. The van der Waals surface area contributed by atoms with Gasteiger partial charge in [-0.25, -0.2) is 4.98 Å². The SMILES string of the molecule is Cc1ccc2nc(C(C)Cl)n(CC(N)=O)c2c1. The predicted octanol–water partition coefficient (Wildman–Crippen LogP) is 2.13. The molecule has 0 spiro atoms. The summed E-state index contributed by atoms with van der Waals surface area (Å²) in [6.45, 7) is 3.92. The van der Waals surface area contributed by atoms with Crippen LogP contribution in [0, 0.1) is 6.92 Å². The number of nitrogens with zero attached hydrogens (tertiary/aromatic N) is 2. The smallest absolute Gasteiger partial charge is 0.237 e. The third kappa shape index (κ3) is 2.26. The van der Waals surface area contributed by atoms with Gasteiger partial charge in [0.1, 0.15) is 12.4 Å². The number of carbonyl (C=O) groups excluding carboxylic acids is 1. The Hall–Kier alpha value is -1.55. The van der Waals surface area contributed by atoms with Crippen LogP contribution < -0.4 is 5.73 Å². The summed E-state index contributed by atoms with van der Waals surface area (Å²) in [5.41, 5.74) is 8.09. The van der Waals surface area contributed by atoms with E-state index in [9.17, 15) is 4.79 Å². The third-order valence-electron chi connectivity index (χ3n) is 2.60. The minimum Gasteiger partial charge on any atom is -0.368 e. The van der Waals surface area contributed by atoms with Crippen molar-refractivity contribution in [3.63, 3.8) is 0 Å². The molecule has 0 aliphatic carbocycles. The van der Waals surface area contributed by atoms with Gasteiger partial charge < -0.3 is 10.3 Å². The Balaban J connectivity index is 2.68. The number of aromatic nitrogens is 2. The molecule has 0 saturated carbocycles. The van der Waals surface area contributed by atoms with Crippen LogP contribution in [-0.4, -0.2) is 15.5 Å². The molecule has 1 heterocycles. The molecule has 2 aromatic rings. The highest BCUT2D eigenvalue weighted by atomic mass is 35.5. The second kappa shape index (κ2) is 4.37. The summed E-state index contributed by atoms with van der Waals surface area (Å²) in [5, 5.41) is -0.262. The first-order valence-electron chi connectivity index (χ1n) is 5.38. The van der Waals surface area contributed by atoms with E-state index in [0.717, 1.165) is 16.6 Å². The van der Waals surface area contributed by atoms with Crippen LogP contribution in [0.2, 0.25) is 0 Å². The van der Waals surface area contributed by atoms with Crippen LogP contribution in [0.5, 0.6) is 0 Å². The zero-order chi connectivity index (χ0) is 12.6. The molecule has 1 amide bonds. The van der Waals surface area contributed by atoms with Gasteiger partial charge >= 0.3 is 0 Å². The third-order valence-corrected chi connectivity index (χ3v) is 2.80. The molecule has 90 valence electrons. The Labute approximate surface area is 104 Å². The summed E-state index contributed by atoms with van der Waals surface area (Å²) >= 11 is 6.07. The maximum atomic E-state index is 11.1. The lowest BCUT2D eigenvalue weighted by molar-refractivity contribution is -0.118. The fraction of sp³-hybridized carbons (Fsp3) is 0.333. The molecule has 0 saturated heterocycles. The van der Waals surface area contributed by atoms with Crippen molar-refractivity contribution in [3.05, 3.63) is 29.6 Å². The number of amides is 1. The lowest BCUT2D eigenvalue weighted by atomic mass is 10.2. The molecule has 0 radical (unpaired) electrons. The Morgan fingerprint density at radius 3 is 2.88 bits per heavy atom. The molecule has 1 aromatic carbocycles. The molecule has 1 atom stereocenters. The number of carbonyl (C=O) groups is 1. The predicted molar refractivity (Wildman–Crippen MR) is 67.9 cm³/mol. The molecule has 0 fully saturated rings. The van der Waals surface area contributed by atoms with E-state index in [2.05, 4.69) is 4.98 Å². The van der Waals surface area contributed by atoms with Gasteiger partial charge in [-0.3, -0.25) is 4.79 Å². The van der Waals surface area contributed by atoms with Crippen molar-refractivity contribution in [2.45, 2.75) is 25.8 Å². The van der Waals surface area contributed by atoms with Crippen molar-refractivity contribution >= 4 is 28.5 Å². The minimum atomic E-state index is -0.399. The van der Waals surface area contributed by atoms with Crippen molar-refractivity contribution in [3.8, 4) is 0 Å². The molecule has 4 nitrogen and oxygen atoms in total. The lowest BCUT2D eigenvalue weighted by Crippen LogP contribution is -2.20. The normalized spacial score (nSPS) is 12.9. The van der Waals surface area contributed by atoms with E-state index in [1.807, 2.05) is 32.0 Å². The maximum Gasteiger partial charge on any atom is 0.237 e. The highest BCUT2D eigenvalue weighted by molar-refractivity contribution is 6.20. The van der Waals surface area contributed by atoms with E-state index >= 15 is 0 Å². The first-order valence-corrected chi connectivity index (χ1v) is 5.82. The van der Waals surface area contributed by atoms with Crippen LogP contribution >= 0.6 is 11.6 Å². The van der Waals surface area contributed by atoms with Gasteiger partial charge in [0.15, 0.2) is 0 Å². The van der Waals surface area contributed by atoms with Gasteiger partial charge in [0.25, 0.3) is 0 Å².